The summed E-state index contributed by atoms with van der Waals surface area (Å²) in [5.41, 5.74) is 1.46. The van der Waals surface area contributed by atoms with Crippen LogP contribution in [-0.4, -0.2) is 0 Å². The van der Waals surface area contributed by atoms with Crippen molar-refractivity contribution in [3.63, 3.8) is 0 Å². The summed E-state index contributed by atoms with van der Waals surface area (Å²) in [6, 6.07) is 0. The van der Waals surface area contributed by atoms with Gasteiger partial charge in [-0.3, -0.25) is 0 Å². The van der Waals surface area contributed by atoms with Gasteiger partial charge >= 0.3 is 0 Å². The molecule has 60 valence electrons. The Morgan fingerprint density at radius 3 is 1.70 bits per heavy atom. The minimum atomic E-state index is 1.25. The molecule has 0 N–H and O–H groups in total. The van der Waals surface area contributed by atoms with E-state index in [4.69, 9.17) is 0 Å². The molecule has 0 aromatic rings. The van der Waals surface area contributed by atoms with Gasteiger partial charge in [0.2, 0.25) is 0 Å². The molecule has 0 spiro atoms. The average Bonchev–Trinajstić information content (AvgIpc) is 1.91. The number of hydrogen-bond acceptors (Lipinski definition) is 0. The quantitative estimate of drug-likeness (QED) is 0.447. The van der Waals surface area contributed by atoms with Crippen molar-refractivity contribution < 1.29 is 0 Å². The van der Waals surface area contributed by atoms with Gasteiger partial charge in [0.05, 0.1) is 0 Å². The van der Waals surface area contributed by atoms with Gasteiger partial charge in [0.15, 0.2) is 0 Å². The maximum absolute atomic E-state index is 3.91. The van der Waals surface area contributed by atoms with E-state index in [9.17, 15) is 0 Å². The van der Waals surface area contributed by atoms with Gasteiger partial charge in [0.25, 0.3) is 0 Å². The number of allylic oxidation sites excluding steroid dienone is 1. The molecule has 1 saturated carbocycles. The van der Waals surface area contributed by atoms with Crippen LogP contribution in [0.5, 0.6) is 0 Å². The Labute approximate surface area is 65.3 Å². The highest BCUT2D eigenvalue weighted by atomic mass is 14.1. The predicted molar refractivity (Wildman–Crippen MR) is 48.2 cm³/mol. The Hall–Kier alpha value is -0.260. The molecule has 1 aliphatic rings. The smallest absolute Gasteiger partial charge is 0.0323 e. The molecule has 0 aliphatic heterocycles. The van der Waals surface area contributed by atoms with E-state index in [0.29, 0.717) is 0 Å². The topological polar surface area (TPSA) is 0 Å². The third-order valence-corrected chi connectivity index (χ3v) is 1.56. The summed E-state index contributed by atoms with van der Waals surface area (Å²) in [6.45, 7) is 8.16. The lowest BCUT2D eigenvalue weighted by molar-refractivity contribution is 0.601. The van der Waals surface area contributed by atoms with Gasteiger partial charge < -0.3 is 0 Å². The Balaban J connectivity index is 0.000000236. The molecule has 0 aromatic heterocycles. The Kier molecular flexibility index (Phi) is 6.68. The third-order valence-electron chi connectivity index (χ3n) is 1.56. The average molecular weight is 140 g/mol. The maximum Gasteiger partial charge on any atom is -0.0323 e. The standard InChI is InChI=1S/C7H12.C3H8/c1-7-5-3-2-4-6-7;1-3-2/h1-6H2;3H2,1-2H3. The molecule has 0 bridgehead atoms. The Morgan fingerprint density at radius 2 is 1.50 bits per heavy atom. The van der Waals surface area contributed by atoms with E-state index in [1.54, 1.807) is 0 Å². The molecule has 0 radical (unpaired) electrons. The van der Waals surface area contributed by atoms with Crippen LogP contribution in [-0.2, 0) is 0 Å². The van der Waals surface area contributed by atoms with Crippen molar-refractivity contribution >= 4 is 0 Å². The van der Waals surface area contributed by atoms with Gasteiger partial charge in [-0.05, 0) is 25.7 Å². The van der Waals surface area contributed by atoms with Crippen LogP contribution in [0.1, 0.15) is 52.4 Å². The van der Waals surface area contributed by atoms with Crippen LogP contribution in [0.25, 0.3) is 0 Å². The molecule has 1 aliphatic carbocycles. The second-order valence-electron chi connectivity index (χ2n) is 3.02. The highest BCUT2D eigenvalue weighted by Crippen LogP contribution is 2.20. The highest BCUT2D eigenvalue weighted by Gasteiger charge is 2.00. The van der Waals surface area contributed by atoms with Gasteiger partial charge in [-0.15, -0.1) is 0 Å². The zero-order valence-electron chi connectivity index (χ0n) is 7.45. The lowest BCUT2D eigenvalue weighted by atomic mass is 9.97. The van der Waals surface area contributed by atoms with Gasteiger partial charge in [-0.1, -0.05) is 38.8 Å². The molecule has 10 heavy (non-hydrogen) atoms. The normalized spacial score (nSPS) is 17.6. The monoisotopic (exact) mass is 140 g/mol. The van der Waals surface area contributed by atoms with E-state index >= 15 is 0 Å². The second-order valence-corrected chi connectivity index (χ2v) is 3.02. The molecule has 0 atom stereocenters. The molecule has 0 heteroatoms. The van der Waals surface area contributed by atoms with Crippen LogP contribution in [0.4, 0.5) is 0 Å². The van der Waals surface area contributed by atoms with Crippen LogP contribution in [0.3, 0.4) is 0 Å². The van der Waals surface area contributed by atoms with E-state index in [1.807, 2.05) is 0 Å². The molecule has 0 aromatic carbocycles. The fourth-order valence-electron chi connectivity index (χ4n) is 1.05. The van der Waals surface area contributed by atoms with Gasteiger partial charge in [0, 0.05) is 0 Å². The van der Waals surface area contributed by atoms with E-state index < -0.39 is 0 Å². The maximum atomic E-state index is 3.91. The van der Waals surface area contributed by atoms with Crippen molar-refractivity contribution in [1.29, 1.82) is 0 Å². The van der Waals surface area contributed by atoms with Gasteiger partial charge in [-0.25, -0.2) is 0 Å². The minimum Gasteiger partial charge on any atom is -0.0999 e. The van der Waals surface area contributed by atoms with Crippen LogP contribution in [0, 0.1) is 0 Å². The zero-order valence-corrected chi connectivity index (χ0v) is 7.45. The fraction of sp³-hybridized carbons (Fsp3) is 0.800. The lowest BCUT2D eigenvalue weighted by Crippen LogP contribution is -1.90. The minimum absolute atomic E-state index is 1.25. The highest BCUT2D eigenvalue weighted by molar-refractivity contribution is 4.95. The lowest BCUT2D eigenvalue weighted by Gasteiger charge is -2.10. The van der Waals surface area contributed by atoms with Crippen molar-refractivity contribution in [3.05, 3.63) is 12.2 Å². The molecular formula is C10H20. The summed E-state index contributed by atoms with van der Waals surface area (Å²) < 4.78 is 0. The number of rotatable bonds is 0. The third kappa shape index (κ3) is 5.87. The van der Waals surface area contributed by atoms with E-state index in [1.165, 1.54) is 44.1 Å². The molecule has 0 saturated heterocycles. The summed E-state index contributed by atoms with van der Waals surface area (Å²) in [5.74, 6) is 0. The van der Waals surface area contributed by atoms with Crippen LogP contribution >= 0.6 is 0 Å². The predicted octanol–water partition coefficient (Wildman–Crippen LogP) is 3.92. The van der Waals surface area contributed by atoms with Crippen molar-refractivity contribution in [2.24, 2.45) is 0 Å². The molecular weight excluding hydrogens is 120 g/mol. The molecule has 1 fully saturated rings. The molecule has 0 heterocycles. The number of hydrogen-bond donors (Lipinski definition) is 0. The Morgan fingerprint density at radius 1 is 1.10 bits per heavy atom. The fourth-order valence-corrected chi connectivity index (χ4v) is 1.05. The largest absolute Gasteiger partial charge is 0.0999 e. The molecule has 0 unspecified atom stereocenters. The summed E-state index contributed by atoms with van der Waals surface area (Å²) in [7, 11) is 0. The van der Waals surface area contributed by atoms with Gasteiger partial charge in [0.1, 0.15) is 0 Å². The van der Waals surface area contributed by atoms with E-state index in [2.05, 4.69) is 20.4 Å². The first kappa shape index (κ1) is 9.74. The molecule has 1 rings (SSSR count). The van der Waals surface area contributed by atoms with E-state index in [-0.39, 0.29) is 0 Å². The summed E-state index contributed by atoms with van der Waals surface area (Å²) in [6.07, 6.45) is 8.04. The zero-order chi connectivity index (χ0) is 7.82. The first-order valence-corrected chi connectivity index (χ1v) is 4.47. The first-order valence-electron chi connectivity index (χ1n) is 4.47. The van der Waals surface area contributed by atoms with Crippen LogP contribution < -0.4 is 0 Å². The summed E-state index contributed by atoms with van der Waals surface area (Å²) in [4.78, 5) is 0. The van der Waals surface area contributed by atoms with Crippen molar-refractivity contribution in [2.45, 2.75) is 52.4 Å². The second kappa shape index (κ2) is 6.85. The van der Waals surface area contributed by atoms with Crippen LogP contribution in [0.2, 0.25) is 0 Å². The van der Waals surface area contributed by atoms with Crippen molar-refractivity contribution in [2.75, 3.05) is 0 Å². The Bertz CT molecular complexity index is 74.0. The van der Waals surface area contributed by atoms with Crippen molar-refractivity contribution in [3.8, 4) is 0 Å². The molecule has 0 amide bonds. The summed E-state index contributed by atoms with van der Waals surface area (Å²) >= 11 is 0. The van der Waals surface area contributed by atoms with E-state index in [0.717, 1.165) is 0 Å². The molecule has 0 nitrogen and oxygen atoms in total. The van der Waals surface area contributed by atoms with Crippen LogP contribution in [0.15, 0.2) is 12.2 Å². The summed E-state index contributed by atoms with van der Waals surface area (Å²) in [5, 5.41) is 0. The van der Waals surface area contributed by atoms with Crippen molar-refractivity contribution in [1.82, 2.24) is 0 Å². The SMILES string of the molecule is C=C1CCCCC1.CCC. The first-order chi connectivity index (χ1) is 4.81. The van der Waals surface area contributed by atoms with Gasteiger partial charge in [-0.2, -0.15) is 0 Å².